The molecule has 0 amide bonds. The molecular weight excluding hydrogens is 933 g/mol. The topological polar surface area (TPSA) is 0 Å². The molecule has 0 spiro atoms. The van der Waals surface area contributed by atoms with Crippen molar-refractivity contribution in [2.75, 3.05) is 0 Å². The average molecular weight is 1010 g/mol. The summed E-state index contributed by atoms with van der Waals surface area (Å²) in [5.74, 6) is 0. The van der Waals surface area contributed by atoms with E-state index in [1.54, 1.807) is 193 Å². The van der Waals surface area contributed by atoms with Crippen molar-refractivity contribution in [2.45, 2.75) is 227 Å². The van der Waals surface area contributed by atoms with Crippen LogP contribution >= 0.6 is 55.3 Å². The first-order chi connectivity index (χ1) is 23.7. The molecule has 6 fully saturated rings. The number of halogens is 2. The maximum absolute atomic E-state index is 2.52. The Morgan fingerprint density at radius 1 is 0.375 bits per heavy atom. The number of rotatable bonds is 7. The van der Waals surface area contributed by atoms with Gasteiger partial charge in [0.15, 0.2) is 0 Å². The minimum absolute atomic E-state index is 0.0465. The van der Waals surface area contributed by atoms with Crippen molar-refractivity contribution in [3.63, 3.8) is 0 Å². The van der Waals surface area contributed by atoms with Crippen LogP contribution in [0.5, 0.6) is 0 Å². The zero-order valence-electron chi connectivity index (χ0n) is 30.8. The van der Waals surface area contributed by atoms with E-state index in [1.165, 1.54) is 39.5 Å². The van der Waals surface area contributed by atoms with Crippen molar-refractivity contribution in [1.29, 1.82) is 0 Å². The third-order valence-corrected chi connectivity index (χ3v) is 26.1. The number of benzene rings is 1. The third-order valence-electron chi connectivity index (χ3n) is 13.5. The van der Waals surface area contributed by atoms with Crippen molar-refractivity contribution in [2.24, 2.45) is 0 Å². The third kappa shape index (κ3) is 14.4. The summed E-state index contributed by atoms with van der Waals surface area (Å²) in [6.07, 6.45) is 47.6. The second-order valence-corrected chi connectivity index (χ2v) is 43.5. The van der Waals surface area contributed by atoms with Gasteiger partial charge in [0, 0.05) is 15.8 Å². The van der Waals surface area contributed by atoms with E-state index in [2.05, 4.69) is 74.4 Å². The van der Waals surface area contributed by atoms with Gasteiger partial charge >= 0.3 is 88.5 Å². The molecule has 1 aromatic rings. The first-order valence-electron chi connectivity index (χ1n) is 21.3. The molecule has 0 aromatic heterocycles. The van der Waals surface area contributed by atoms with Gasteiger partial charge in [-0.1, -0.05) is 38.5 Å². The second kappa shape index (κ2) is 24.4. The van der Waals surface area contributed by atoms with Gasteiger partial charge in [-0.2, -0.15) is 0 Å². The molecule has 0 aliphatic heterocycles. The Morgan fingerprint density at radius 3 is 0.812 bits per heavy atom. The van der Waals surface area contributed by atoms with Gasteiger partial charge in [-0.25, -0.2) is 0 Å². The van der Waals surface area contributed by atoms with Crippen molar-refractivity contribution in [3.8, 4) is 0 Å². The molecule has 0 nitrogen and oxygen atoms in total. The maximum atomic E-state index is 2.52. The Morgan fingerprint density at radius 2 is 0.604 bits per heavy atom. The molecule has 48 heavy (non-hydrogen) atoms. The summed E-state index contributed by atoms with van der Waals surface area (Å²) >= 11 is 5.04. The molecule has 0 saturated heterocycles. The van der Waals surface area contributed by atoms with Crippen LogP contribution in [0.3, 0.4) is 0 Å². The quantitative estimate of drug-likeness (QED) is 0.145. The van der Waals surface area contributed by atoms with Crippen LogP contribution < -0.4 is 0 Å². The van der Waals surface area contributed by atoms with Crippen LogP contribution in [-0.2, 0) is 8.47 Å². The van der Waals surface area contributed by atoms with Crippen LogP contribution in [0.15, 0.2) is 30.3 Å². The van der Waals surface area contributed by atoms with Crippen LogP contribution in [0.2, 0.25) is 0 Å². The van der Waals surface area contributed by atoms with Crippen molar-refractivity contribution in [1.82, 2.24) is 0 Å². The van der Waals surface area contributed by atoms with Crippen molar-refractivity contribution in [3.05, 3.63) is 35.9 Å². The van der Waals surface area contributed by atoms with E-state index < -0.39 is 8.47 Å². The van der Waals surface area contributed by atoms with Crippen molar-refractivity contribution >= 4 is 60.0 Å². The van der Waals surface area contributed by atoms with Gasteiger partial charge < -0.3 is 0 Å². The summed E-state index contributed by atoms with van der Waals surface area (Å²) in [6.45, 7) is 0. The Bertz CT molecular complexity index is 840. The van der Waals surface area contributed by atoms with Crippen LogP contribution in [0.1, 0.15) is 198 Å². The van der Waals surface area contributed by atoms with Crippen LogP contribution in [0.4, 0.5) is 0 Å². The number of hydrogen-bond acceptors (Lipinski definition) is 0. The zero-order chi connectivity index (χ0) is 33.2. The molecule has 6 saturated carbocycles. The molecule has 5 heteroatoms. The first kappa shape index (κ1) is 41.2. The van der Waals surface area contributed by atoms with Crippen LogP contribution in [0.25, 0.3) is 0 Å². The molecule has 0 N–H and O–H groups in total. The van der Waals surface area contributed by atoms with Gasteiger partial charge in [0.1, 0.15) is 0 Å². The monoisotopic (exact) mass is 1010 g/mol. The molecule has 7 rings (SSSR count). The van der Waals surface area contributed by atoms with Gasteiger partial charge in [-0.15, -0.1) is 0 Å². The first-order valence-corrected chi connectivity index (χ1v) is 36.1. The summed E-state index contributed by atoms with van der Waals surface area (Å²) in [5, 5.41) is 0. The SMILES string of the molecule is C1CCC([PH+](C2CCCCC2)C2CCCCC2)CC1.C1CCC([PH+](C2CCCCC2)C2CCCCC2)CC1.[I][Ru]([I])=[CH]c1ccccc1. The molecule has 0 atom stereocenters. The van der Waals surface area contributed by atoms with Gasteiger partial charge in [-0.3, -0.25) is 0 Å². The van der Waals surface area contributed by atoms with Crippen LogP contribution in [-0.4, -0.2) is 38.6 Å². The summed E-state index contributed by atoms with van der Waals surface area (Å²) in [7, 11) is -0.712. The van der Waals surface area contributed by atoms with Gasteiger partial charge in [-0.05, 0) is 154 Å². The van der Waals surface area contributed by atoms with E-state index in [0.717, 1.165) is 0 Å². The Labute approximate surface area is 327 Å². The van der Waals surface area contributed by atoms with E-state index in [1.807, 2.05) is 0 Å². The molecule has 1 aromatic carbocycles. The molecule has 0 unspecified atom stereocenters. The molecule has 276 valence electrons. The summed E-state index contributed by atoms with van der Waals surface area (Å²) < 4.78 is 2.37. The second-order valence-electron chi connectivity index (χ2n) is 16.7. The normalized spacial score (nSPS) is 25.1. The Balaban J connectivity index is 0.000000148. The minimum atomic E-state index is -0.619. The fourth-order valence-corrected chi connectivity index (χ4v) is 25.5. The standard InChI is InChI=1S/2C18H33P.C7H6.2HI.Ru/c2*1-4-10-16(11-5-1)19(17-12-6-2-7-13-17)18-14-8-3-9-15-18;1-7-5-3-2-4-6-7;;;/h2*16-18H,1-15H2;1-6H;2*1H;/q;;;;;+2. The van der Waals surface area contributed by atoms with E-state index in [4.69, 9.17) is 0 Å². The Hall–Kier alpha value is 2.03. The predicted molar refractivity (Wildman–Crippen MR) is 238 cm³/mol. The molecule has 0 heterocycles. The van der Waals surface area contributed by atoms with E-state index in [0.29, 0.717) is 0 Å². The van der Waals surface area contributed by atoms with Gasteiger partial charge in [0.25, 0.3) is 0 Å². The van der Waals surface area contributed by atoms with Gasteiger partial charge in [0.05, 0.1) is 34.0 Å². The molecular formula is C43H74I2P2Ru+2. The molecule has 6 aliphatic carbocycles. The summed E-state index contributed by atoms with van der Waals surface area (Å²) in [6, 6.07) is 10.5. The summed E-state index contributed by atoms with van der Waals surface area (Å²) in [4.78, 5) is 0. The fourth-order valence-electron chi connectivity index (χ4n) is 11.2. The predicted octanol–water partition coefficient (Wildman–Crippen LogP) is 15.6. The summed E-state index contributed by atoms with van der Waals surface area (Å²) in [5.41, 5.74) is 8.73. The Kier molecular flexibility index (Phi) is 21.0. The average Bonchev–Trinajstić information content (AvgIpc) is 3.15. The molecule has 0 bridgehead atoms. The fraction of sp³-hybridized carbons (Fsp3) is 0.837. The van der Waals surface area contributed by atoms with Gasteiger partial charge in [0.2, 0.25) is 0 Å². The molecule has 0 radical (unpaired) electrons. The van der Waals surface area contributed by atoms with E-state index in [-0.39, 0.29) is 15.8 Å². The zero-order valence-corrected chi connectivity index (χ0v) is 38.8. The van der Waals surface area contributed by atoms with Crippen LogP contribution in [0, 0.1) is 0 Å². The van der Waals surface area contributed by atoms with Crippen molar-refractivity contribution < 1.29 is 8.47 Å². The van der Waals surface area contributed by atoms with E-state index in [9.17, 15) is 0 Å². The molecule has 6 aliphatic rings. The van der Waals surface area contributed by atoms with E-state index >= 15 is 0 Å². The number of hydrogen-bond donors (Lipinski definition) is 0.